The maximum atomic E-state index is 10.6. The second-order valence-electron chi connectivity index (χ2n) is 3.14. The lowest BCUT2D eigenvalue weighted by atomic mass is 10.2. The number of thiocarbonyl (C=S) groups is 1. The van der Waals surface area contributed by atoms with E-state index in [1.165, 1.54) is 6.92 Å². The first-order valence-electron chi connectivity index (χ1n) is 4.81. The van der Waals surface area contributed by atoms with Crippen molar-refractivity contribution in [3.63, 3.8) is 0 Å². The highest BCUT2D eigenvalue weighted by molar-refractivity contribution is 7.78. The zero-order valence-corrected chi connectivity index (χ0v) is 9.75. The standard InChI is InChI=1S/C12H12N2OS/c1-10(15)13-7-3-5-11-4-2-6-12(8-11)14-9-16/h2-6,8H,7H2,1H3,(H,13,15). The second kappa shape index (κ2) is 6.67. The molecule has 0 spiro atoms. The summed E-state index contributed by atoms with van der Waals surface area (Å²) >= 11 is 4.53. The molecule has 0 saturated carbocycles. The summed E-state index contributed by atoms with van der Waals surface area (Å²) in [5, 5.41) is 5.00. The lowest BCUT2D eigenvalue weighted by Gasteiger charge is -1.96. The van der Waals surface area contributed by atoms with Crippen molar-refractivity contribution >= 4 is 35.0 Å². The van der Waals surface area contributed by atoms with Crippen molar-refractivity contribution in [3.05, 3.63) is 35.9 Å². The van der Waals surface area contributed by atoms with Gasteiger partial charge in [0.15, 0.2) is 0 Å². The molecule has 1 rings (SSSR count). The summed E-state index contributed by atoms with van der Waals surface area (Å²) in [5.41, 5.74) is 1.79. The predicted molar refractivity (Wildman–Crippen MR) is 68.8 cm³/mol. The fraction of sp³-hybridized carbons (Fsp3) is 0.167. The van der Waals surface area contributed by atoms with Crippen molar-refractivity contribution in [1.82, 2.24) is 5.32 Å². The minimum Gasteiger partial charge on any atom is -0.353 e. The van der Waals surface area contributed by atoms with Crippen molar-refractivity contribution < 1.29 is 4.79 Å². The molecule has 1 aromatic rings. The molecule has 0 aliphatic heterocycles. The largest absolute Gasteiger partial charge is 0.353 e. The van der Waals surface area contributed by atoms with Crippen LogP contribution in [0.4, 0.5) is 5.69 Å². The lowest BCUT2D eigenvalue weighted by Crippen LogP contribution is -2.19. The van der Waals surface area contributed by atoms with E-state index in [2.05, 4.69) is 27.7 Å². The van der Waals surface area contributed by atoms with Gasteiger partial charge in [-0.2, -0.15) is 4.99 Å². The van der Waals surface area contributed by atoms with Gasteiger partial charge in [-0.05, 0) is 29.9 Å². The van der Waals surface area contributed by atoms with Crippen LogP contribution in [-0.4, -0.2) is 17.6 Å². The SMILES string of the molecule is CC(=O)NCC=Cc1cccc(N=C=S)c1. The number of nitrogens with zero attached hydrogens (tertiary/aromatic N) is 1. The van der Waals surface area contributed by atoms with Crippen molar-refractivity contribution in [3.8, 4) is 0 Å². The van der Waals surface area contributed by atoms with Crippen LogP contribution in [0, 0.1) is 0 Å². The molecule has 4 heteroatoms. The van der Waals surface area contributed by atoms with Crippen LogP contribution in [0.1, 0.15) is 12.5 Å². The lowest BCUT2D eigenvalue weighted by molar-refractivity contribution is -0.118. The molecule has 0 saturated heterocycles. The molecule has 0 aliphatic carbocycles. The Morgan fingerprint density at radius 1 is 1.62 bits per heavy atom. The minimum absolute atomic E-state index is 0.0382. The average molecular weight is 232 g/mol. The van der Waals surface area contributed by atoms with E-state index >= 15 is 0 Å². The fourth-order valence-electron chi connectivity index (χ4n) is 1.15. The number of carbonyl (C=O) groups is 1. The first-order chi connectivity index (χ1) is 7.72. The molecule has 1 N–H and O–H groups in total. The number of amides is 1. The van der Waals surface area contributed by atoms with Crippen LogP contribution < -0.4 is 5.32 Å². The summed E-state index contributed by atoms with van der Waals surface area (Å²) in [6, 6.07) is 7.59. The zero-order valence-electron chi connectivity index (χ0n) is 8.93. The third-order valence-electron chi connectivity index (χ3n) is 1.82. The molecule has 1 amide bonds. The Labute approximate surface area is 99.9 Å². The molecule has 0 atom stereocenters. The Balaban J connectivity index is 2.62. The van der Waals surface area contributed by atoms with Gasteiger partial charge >= 0.3 is 0 Å². The summed E-state index contributed by atoms with van der Waals surface area (Å²) in [5.74, 6) is -0.0382. The third kappa shape index (κ3) is 4.64. The van der Waals surface area contributed by atoms with Crippen LogP contribution in [0.2, 0.25) is 0 Å². The van der Waals surface area contributed by atoms with E-state index in [-0.39, 0.29) is 5.91 Å². The molecule has 0 aliphatic rings. The van der Waals surface area contributed by atoms with Gasteiger partial charge in [-0.25, -0.2) is 0 Å². The number of isothiocyanates is 1. The van der Waals surface area contributed by atoms with Gasteiger partial charge in [0.1, 0.15) is 0 Å². The summed E-state index contributed by atoms with van der Waals surface area (Å²) in [6.45, 7) is 2.01. The van der Waals surface area contributed by atoms with Crippen molar-refractivity contribution in [2.75, 3.05) is 6.54 Å². The van der Waals surface area contributed by atoms with E-state index in [0.717, 1.165) is 11.3 Å². The monoisotopic (exact) mass is 232 g/mol. The number of hydrogen-bond donors (Lipinski definition) is 1. The van der Waals surface area contributed by atoms with Crippen molar-refractivity contribution in [2.24, 2.45) is 4.99 Å². The van der Waals surface area contributed by atoms with Crippen LogP contribution in [0.5, 0.6) is 0 Å². The minimum atomic E-state index is -0.0382. The fourth-order valence-corrected chi connectivity index (χ4v) is 1.25. The van der Waals surface area contributed by atoms with E-state index in [1.54, 1.807) is 0 Å². The van der Waals surface area contributed by atoms with Gasteiger partial charge in [0.2, 0.25) is 5.91 Å². The molecule has 3 nitrogen and oxygen atoms in total. The molecule has 0 aromatic heterocycles. The van der Waals surface area contributed by atoms with Gasteiger partial charge in [0.25, 0.3) is 0 Å². The van der Waals surface area contributed by atoms with E-state index in [1.807, 2.05) is 36.4 Å². The summed E-state index contributed by atoms with van der Waals surface area (Å²) in [7, 11) is 0. The number of aliphatic imine (C=N–C) groups is 1. The first-order valence-corrected chi connectivity index (χ1v) is 5.22. The molecule has 0 fully saturated rings. The number of carbonyl (C=O) groups excluding carboxylic acids is 1. The molecule has 82 valence electrons. The zero-order chi connectivity index (χ0) is 11.8. The van der Waals surface area contributed by atoms with Gasteiger partial charge in [-0.3, -0.25) is 4.79 Å². The van der Waals surface area contributed by atoms with Crippen molar-refractivity contribution in [1.29, 1.82) is 0 Å². The Morgan fingerprint density at radius 2 is 2.44 bits per heavy atom. The van der Waals surface area contributed by atoms with Gasteiger partial charge in [-0.1, -0.05) is 24.3 Å². The average Bonchev–Trinajstić information content (AvgIpc) is 2.25. The van der Waals surface area contributed by atoms with Crippen LogP contribution >= 0.6 is 12.2 Å². The van der Waals surface area contributed by atoms with Gasteiger partial charge in [0.05, 0.1) is 10.8 Å². The number of rotatable bonds is 4. The molecular formula is C12H12N2OS. The second-order valence-corrected chi connectivity index (χ2v) is 3.32. The molecule has 0 radical (unpaired) electrons. The van der Waals surface area contributed by atoms with Crippen LogP contribution in [0.15, 0.2) is 35.3 Å². The molecule has 0 bridgehead atoms. The molecule has 16 heavy (non-hydrogen) atoms. The number of nitrogens with one attached hydrogen (secondary N) is 1. The number of hydrogen-bond acceptors (Lipinski definition) is 3. The van der Waals surface area contributed by atoms with E-state index in [4.69, 9.17) is 0 Å². The Hall–Kier alpha value is -1.77. The first kappa shape index (κ1) is 12.3. The summed E-state index contributed by atoms with van der Waals surface area (Å²) in [4.78, 5) is 14.5. The van der Waals surface area contributed by atoms with Gasteiger partial charge in [0, 0.05) is 13.5 Å². The van der Waals surface area contributed by atoms with Crippen molar-refractivity contribution in [2.45, 2.75) is 6.92 Å². The Morgan fingerprint density at radius 3 is 3.12 bits per heavy atom. The molecular weight excluding hydrogens is 220 g/mol. The molecule has 1 aromatic carbocycles. The Bertz CT molecular complexity index is 448. The van der Waals surface area contributed by atoms with E-state index in [0.29, 0.717) is 6.54 Å². The van der Waals surface area contributed by atoms with Crippen LogP contribution in [-0.2, 0) is 4.79 Å². The highest BCUT2D eigenvalue weighted by Crippen LogP contribution is 2.14. The third-order valence-corrected chi connectivity index (χ3v) is 1.92. The topological polar surface area (TPSA) is 41.5 Å². The van der Waals surface area contributed by atoms with Crippen LogP contribution in [0.25, 0.3) is 6.08 Å². The normalized spacial score (nSPS) is 9.81. The quantitative estimate of drug-likeness (QED) is 0.640. The Kier molecular flexibility index (Phi) is 5.12. The molecule has 0 heterocycles. The smallest absolute Gasteiger partial charge is 0.217 e. The predicted octanol–water partition coefficient (Wildman–Crippen LogP) is 2.57. The van der Waals surface area contributed by atoms with Gasteiger partial charge < -0.3 is 5.32 Å². The highest BCUT2D eigenvalue weighted by atomic mass is 32.1. The highest BCUT2D eigenvalue weighted by Gasteiger charge is 1.90. The van der Waals surface area contributed by atoms with Crippen LogP contribution in [0.3, 0.4) is 0 Å². The maximum absolute atomic E-state index is 10.6. The van der Waals surface area contributed by atoms with E-state index < -0.39 is 0 Å². The number of benzene rings is 1. The van der Waals surface area contributed by atoms with E-state index in [9.17, 15) is 4.79 Å². The van der Waals surface area contributed by atoms with Gasteiger partial charge in [-0.15, -0.1) is 0 Å². The summed E-state index contributed by atoms with van der Waals surface area (Å²) < 4.78 is 0. The molecule has 0 unspecified atom stereocenters. The summed E-state index contributed by atoms with van der Waals surface area (Å²) in [6.07, 6.45) is 3.79. The maximum Gasteiger partial charge on any atom is 0.217 e.